The van der Waals surface area contributed by atoms with E-state index in [1.165, 1.54) is 6.07 Å². The SMILES string of the molecule is CNC(C)CNC(=O)c1ccc(C)c(S(=O)(=O)Nc2ccc(C)cc2)c1. The van der Waals surface area contributed by atoms with Gasteiger partial charge in [0.1, 0.15) is 0 Å². The maximum absolute atomic E-state index is 12.7. The zero-order chi connectivity index (χ0) is 19.3. The van der Waals surface area contributed by atoms with Crippen LogP contribution in [0.5, 0.6) is 0 Å². The van der Waals surface area contributed by atoms with Crippen LogP contribution in [-0.2, 0) is 10.0 Å². The Kier molecular flexibility index (Phi) is 6.39. The number of sulfonamides is 1. The number of amides is 1. The normalized spacial score (nSPS) is 12.5. The van der Waals surface area contributed by atoms with Crippen molar-refractivity contribution in [3.63, 3.8) is 0 Å². The Morgan fingerprint density at radius 3 is 2.35 bits per heavy atom. The van der Waals surface area contributed by atoms with E-state index in [0.29, 0.717) is 23.4 Å². The van der Waals surface area contributed by atoms with Gasteiger partial charge in [-0.05, 0) is 57.6 Å². The molecule has 2 aromatic carbocycles. The summed E-state index contributed by atoms with van der Waals surface area (Å²) in [6.07, 6.45) is 0. The summed E-state index contributed by atoms with van der Waals surface area (Å²) < 4.78 is 28.0. The van der Waals surface area contributed by atoms with Crippen molar-refractivity contribution in [3.8, 4) is 0 Å². The summed E-state index contributed by atoms with van der Waals surface area (Å²) in [7, 11) is -1.98. The minimum absolute atomic E-state index is 0.0902. The molecule has 0 bridgehead atoms. The second-order valence-electron chi connectivity index (χ2n) is 6.35. The molecular formula is C19H25N3O3S. The van der Waals surface area contributed by atoms with Gasteiger partial charge in [-0.3, -0.25) is 9.52 Å². The van der Waals surface area contributed by atoms with E-state index in [4.69, 9.17) is 0 Å². The summed E-state index contributed by atoms with van der Waals surface area (Å²) in [5.41, 5.74) is 2.40. The van der Waals surface area contributed by atoms with Gasteiger partial charge in [-0.1, -0.05) is 23.8 Å². The Morgan fingerprint density at radius 1 is 1.08 bits per heavy atom. The smallest absolute Gasteiger partial charge is 0.262 e. The second kappa shape index (κ2) is 8.33. The number of aryl methyl sites for hydroxylation is 2. The molecule has 0 aromatic heterocycles. The third kappa shape index (κ3) is 5.06. The van der Waals surface area contributed by atoms with Crippen LogP contribution < -0.4 is 15.4 Å². The van der Waals surface area contributed by atoms with Crippen molar-refractivity contribution >= 4 is 21.6 Å². The highest BCUT2D eigenvalue weighted by Gasteiger charge is 2.19. The lowest BCUT2D eigenvalue weighted by Crippen LogP contribution is -2.37. The third-order valence-corrected chi connectivity index (χ3v) is 5.63. The number of carbonyl (C=O) groups excluding carboxylic acids is 1. The fourth-order valence-electron chi connectivity index (χ4n) is 2.31. The van der Waals surface area contributed by atoms with E-state index in [0.717, 1.165) is 5.56 Å². The molecule has 2 rings (SSSR count). The van der Waals surface area contributed by atoms with Gasteiger partial charge in [0.2, 0.25) is 0 Å². The van der Waals surface area contributed by atoms with Gasteiger partial charge < -0.3 is 10.6 Å². The first-order chi connectivity index (χ1) is 12.2. The highest BCUT2D eigenvalue weighted by atomic mass is 32.2. The Hall–Kier alpha value is -2.38. The van der Waals surface area contributed by atoms with Gasteiger partial charge in [0.05, 0.1) is 4.90 Å². The molecule has 0 aliphatic heterocycles. The van der Waals surface area contributed by atoms with Crippen LogP contribution in [0.25, 0.3) is 0 Å². The Labute approximate surface area is 155 Å². The van der Waals surface area contributed by atoms with Crippen molar-refractivity contribution in [1.29, 1.82) is 0 Å². The van der Waals surface area contributed by atoms with E-state index in [9.17, 15) is 13.2 Å². The number of hydrogen-bond acceptors (Lipinski definition) is 4. The minimum atomic E-state index is -3.79. The van der Waals surface area contributed by atoms with E-state index in [2.05, 4.69) is 15.4 Å². The maximum atomic E-state index is 12.7. The molecule has 0 saturated heterocycles. The summed E-state index contributed by atoms with van der Waals surface area (Å²) in [6.45, 7) is 6.03. The molecule has 3 N–H and O–H groups in total. The number of carbonyl (C=O) groups is 1. The molecular weight excluding hydrogens is 350 g/mol. The molecule has 0 aliphatic rings. The van der Waals surface area contributed by atoms with Crippen LogP contribution in [0, 0.1) is 13.8 Å². The van der Waals surface area contributed by atoms with Crippen molar-refractivity contribution < 1.29 is 13.2 Å². The molecule has 0 aliphatic carbocycles. The van der Waals surface area contributed by atoms with Crippen LogP contribution in [-0.4, -0.2) is 34.0 Å². The number of likely N-dealkylation sites (N-methyl/N-ethyl adjacent to an activating group) is 1. The van der Waals surface area contributed by atoms with Crippen molar-refractivity contribution in [2.45, 2.75) is 31.7 Å². The average molecular weight is 375 g/mol. The van der Waals surface area contributed by atoms with Gasteiger partial charge in [0, 0.05) is 23.8 Å². The lowest BCUT2D eigenvalue weighted by molar-refractivity contribution is 0.0950. The van der Waals surface area contributed by atoms with Gasteiger partial charge in [-0.2, -0.15) is 0 Å². The summed E-state index contributed by atoms with van der Waals surface area (Å²) in [5.74, 6) is -0.307. The Bertz CT molecular complexity index is 877. The molecule has 140 valence electrons. The van der Waals surface area contributed by atoms with E-state index in [1.807, 2.05) is 33.0 Å². The summed E-state index contributed by atoms with van der Waals surface area (Å²) >= 11 is 0. The highest BCUT2D eigenvalue weighted by molar-refractivity contribution is 7.92. The first-order valence-corrected chi connectivity index (χ1v) is 9.87. The van der Waals surface area contributed by atoms with E-state index >= 15 is 0 Å². The molecule has 0 fully saturated rings. The van der Waals surface area contributed by atoms with Gasteiger partial charge in [-0.25, -0.2) is 8.42 Å². The van der Waals surface area contributed by atoms with Crippen molar-refractivity contribution in [2.24, 2.45) is 0 Å². The summed E-state index contributed by atoms with van der Waals surface area (Å²) in [5, 5.41) is 5.81. The molecule has 26 heavy (non-hydrogen) atoms. The molecule has 2 aromatic rings. The fraction of sp³-hybridized carbons (Fsp3) is 0.316. The Morgan fingerprint density at radius 2 is 1.73 bits per heavy atom. The quantitative estimate of drug-likeness (QED) is 0.694. The van der Waals surface area contributed by atoms with Crippen LogP contribution in [0.1, 0.15) is 28.4 Å². The molecule has 6 nitrogen and oxygen atoms in total. The predicted molar refractivity (Wildman–Crippen MR) is 104 cm³/mol. The fourth-order valence-corrected chi connectivity index (χ4v) is 3.64. The number of hydrogen-bond donors (Lipinski definition) is 3. The first-order valence-electron chi connectivity index (χ1n) is 8.38. The van der Waals surface area contributed by atoms with Gasteiger partial charge in [0.25, 0.3) is 15.9 Å². The Balaban J connectivity index is 2.25. The van der Waals surface area contributed by atoms with E-state index in [-0.39, 0.29) is 16.8 Å². The van der Waals surface area contributed by atoms with Crippen molar-refractivity contribution in [3.05, 3.63) is 59.2 Å². The summed E-state index contributed by atoms with van der Waals surface area (Å²) in [4.78, 5) is 12.4. The number of rotatable bonds is 7. The first kappa shape index (κ1) is 19.9. The maximum Gasteiger partial charge on any atom is 0.262 e. The monoisotopic (exact) mass is 375 g/mol. The molecule has 0 heterocycles. The largest absolute Gasteiger partial charge is 0.350 e. The molecule has 0 spiro atoms. The predicted octanol–water partition coefficient (Wildman–Crippen LogP) is 2.44. The standard InChI is InChI=1S/C19H25N3O3S/c1-13-5-9-17(10-6-13)22-26(24,25)18-11-16(8-7-14(18)2)19(23)21-12-15(3)20-4/h5-11,15,20,22H,12H2,1-4H3,(H,21,23). The topological polar surface area (TPSA) is 87.3 Å². The zero-order valence-electron chi connectivity index (χ0n) is 15.5. The van der Waals surface area contributed by atoms with Crippen LogP contribution in [0.15, 0.2) is 47.4 Å². The molecule has 0 saturated carbocycles. The lowest BCUT2D eigenvalue weighted by Gasteiger charge is -2.14. The van der Waals surface area contributed by atoms with E-state index < -0.39 is 10.0 Å². The third-order valence-electron chi connectivity index (χ3n) is 4.11. The second-order valence-corrected chi connectivity index (χ2v) is 8.00. The minimum Gasteiger partial charge on any atom is -0.350 e. The van der Waals surface area contributed by atoms with Crippen LogP contribution in [0.3, 0.4) is 0 Å². The molecule has 0 radical (unpaired) electrons. The van der Waals surface area contributed by atoms with Crippen molar-refractivity contribution in [2.75, 3.05) is 18.3 Å². The molecule has 7 heteroatoms. The van der Waals surface area contributed by atoms with Gasteiger partial charge in [0.15, 0.2) is 0 Å². The number of benzene rings is 2. The van der Waals surface area contributed by atoms with Crippen LogP contribution >= 0.6 is 0 Å². The van der Waals surface area contributed by atoms with E-state index in [1.54, 1.807) is 31.2 Å². The zero-order valence-corrected chi connectivity index (χ0v) is 16.3. The lowest BCUT2D eigenvalue weighted by atomic mass is 10.1. The molecule has 1 amide bonds. The average Bonchev–Trinajstić information content (AvgIpc) is 2.61. The summed E-state index contributed by atoms with van der Waals surface area (Å²) in [6, 6.07) is 11.9. The van der Waals surface area contributed by atoms with Crippen LogP contribution in [0.2, 0.25) is 0 Å². The number of anilines is 1. The van der Waals surface area contributed by atoms with Gasteiger partial charge >= 0.3 is 0 Å². The van der Waals surface area contributed by atoms with Crippen LogP contribution in [0.4, 0.5) is 5.69 Å². The van der Waals surface area contributed by atoms with Crippen molar-refractivity contribution in [1.82, 2.24) is 10.6 Å². The molecule has 1 atom stereocenters. The highest BCUT2D eigenvalue weighted by Crippen LogP contribution is 2.21. The molecule has 1 unspecified atom stereocenters. The number of nitrogens with one attached hydrogen (secondary N) is 3. The van der Waals surface area contributed by atoms with Gasteiger partial charge in [-0.15, -0.1) is 0 Å².